The highest BCUT2D eigenvalue weighted by Crippen LogP contribution is 2.40. The Morgan fingerprint density at radius 3 is 2.56 bits per heavy atom. The average Bonchev–Trinajstić information content (AvgIpc) is 2.84. The Bertz CT molecular complexity index is 408. The molecule has 1 aromatic carbocycles. The molecule has 0 radical (unpaired) electrons. The van der Waals surface area contributed by atoms with Crippen molar-refractivity contribution < 1.29 is 14.2 Å². The minimum absolute atomic E-state index is 0. The summed E-state index contributed by atoms with van der Waals surface area (Å²) in [6.45, 7) is 0. The predicted molar refractivity (Wildman–Crippen MR) is 70.8 cm³/mol. The summed E-state index contributed by atoms with van der Waals surface area (Å²) < 4.78 is 18.3. The van der Waals surface area contributed by atoms with Gasteiger partial charge in [-0.1, -0.05) is 12.8 Å². The molecule has 0 bridgehead atoms. The van der Waals surface area contributed by atoms with Gasteiger partial charge in [0.2, 0.25) is 0 Å². The molecule has 0 aliphatic heterocycles. The Morgan fingerprint density at radius 1 is 1.39 bits per heavy atom. The zero-order valence-electron chi connectivity index (χ0n) is 10.4. The first kappa shape index (κ1) is 15.1. The Kier molecular flexibility index (Phi) is 5.23. The first-order chi connectivity index (χ1) is 8.13. The molecule has 0 saturated heterocycles. The fraction of sp³-hybridized carbons (Fsp3) is 0.538. The van der Waals surface area contributed by atoms with Gasteiger partial charge >= 0.3 is 0 Å². The summed E-state index contributed by atoms with van der Waals surface area (Å²) >= 11 is 0. The van der Waals surface area contributed by atoms with Crippen molar-refractivity contribution in [2.75, 3.05) is 7.11 Å². The second kappa shape index (κ2) is 6.25. The fourth-order valence-electron chi connectivity index (χ4n) is 2.57. The van der Waals surface area contributed by atoms with Crippen molar-refractivity contribution >= 4 is 12.4 Å². The van der Waals surface area contributed by atoms with Crippen LogP contribution in [0.15, 0.2) is 12.1 Å². The van der Waals surface area contributed by atoms with Crippen molar-refractivity contribution in [3.8, 4) is 11.5 Å². The van der Waals surface area contributed by atoms with Crippen molar-refractivity contribution in [1.29, 1.82) is 0 Å². The van der Waals surface area contributed by atoms with E-state index in [0.29, 0.717) is 11.5 Å². The summed E-state index contributed by atoms with van der Waals surface area (Å²) in [5, 5.41) is 9.97. The number of aromatic hydroxyl groups is 1. The molecule has 1 aliphatic rings. The summed E-state index contributed by atoms with van der Waals surface area (Å²) in [6, 6.07) is 2.16. The van der Waals surface area contributed by atoms with Gasteiger partial charge in [0.05, 0.1) is 7.11 Å². The standard InChI is InChI=1S/C13H18FNO2.ClH/c1-17-11-7-9(14)6-10(13(11)16)12(15)8-4-2-3-5-8;/h6-8,12,16H,2-5,15H2,1H3;1H/t12-;/m0./s1. The number of methoxy groups -OCH3 is 1. The van der Waals surface area contributed by atoms with Crippen LogP contribution in [0.1, 0.15) is 37.3 Å². The fourth-order valence-corrected chi connectivity index (χ4v) is 2.57. The molecule has 1 atom stereocenters. The van der Waals surface area contributed by atoms with E-state index >= 15 is 0 Å². The molecule has 1 aliphatic carbocycles. The summed E-state index contributed by atoms with van der Waals surface area (Å²) in [4.78, 5) is 0. The van der Waals surface area contributed by atoms with Crippen molar-refractivity contribution in [2.45, 2.75) is 31.7 Å². The molecule has 18 heavy (non-hydrogen) atoms. The van der Waals surface area contributed by atoms with Gasteiger partial charge in [-0.05, 0) is 24.8 Å². The molecule has 0 unspecified atom stereocenters. The van der Waals surface area contributed by atoms with Gasteiger partial charge in [0.15, 0.2) is 11.5 Å². The molecule has 0 spiro atoms. The number of halogens is 2. The molecule has 1 aromatic rings. The zero-order valence-corrected chi connectivity index (χ0v) is 11.2. The third-order valence-electron chi connectivity index (χ3n) is 3.56. The molecule has 0 amide bonds. The van der Waals surface area contributed by atoms with Gasteiger partial charge in [0.1, 0.15) is 5.82 Å². The monoisotopic (exact) mass is 275 g/mol. The highest BCUT2D eigenvalue weighted by molar-refractivity contribution is 5.85. The smallest absolute Gasteiger partial charge is 0.163 e. The molecule has 1 saturated carbocycles. The van der Waals surface area contributed by atoms with Crippen molar-refractivity contribution in [3.05, 3.63) is 23.5 Å². The van der Waals surface area contributed by atoms with Crippen LogP contribution in [0, 0.1) is 11.7 Å². The van der Waals surface area contributed by atoms with E-state index in [-0.39, 0.29) is 29.9 Å². The van der Waals surface area contributed by atoms with Crippen molar-refractivity contribution in [1.82, 2.24) is 0 Å². The molecule has 5 heteroatoms. The van der Waals surface area contributed by atoms with Crippen LogP contribution in [-0.4, -0.2) is 12.2 Å². The normalized spacial score (nSPS) is 17.3. The summed E-state index contributed by atoms with van der Waals surface area (Å²) in [5.41, 5.74) is 6.56. The molecule has 1 fully saturated rings. The lowest BCUT2D eigenvalue weighted by atomic mass is 9.91. The topological polar surface area (TPSA) is 55.5 Å². The van der Waals surface area contributed by atoms with E-state index in [1.807, 2.05) is 0 Å². The van der Waals surface area contributed by atoms with Gasteiger partial charge in [-0.15, -0.1) is 12.4 Å². The Balaban J connectivity index is 0.00000162. The van der Waals surface area contributed by atoms with Crippen LogP contribution >= 0.6 is 12.4 Å². The highest BCUT2D eigenvalue weighted by Gasteiger charge is 2.26. The van der Waals surface area contributed by atoms with Crippen LogP contribution in [0.3, 0.4) is 0 Å². The van der Waals surface area contributed by atoms with Gasteiger partial charge < -0.3 is 15.6 Å². The zero-order chi connectivity index (χ0) is 12.4. The van der Waals surface area contributed by atoms with Gasteiger partial charge in [-0.3, -0.25) is 0 Å². The second-order valence-corrected chi connectivity index (χ2v) is 4.62. The van der Waals surface area contributed by atoms with E-state index in [1.165, 1.54) is 19.2 Å². The predicted octanol–water partition coefficient (Wildman–Crippen LogP) is 3.15. The molecule has 2 rings (SSSR count). The number of hydrogen-bond acceptors (Lipinski definition) is 3. The minimum Gasteiger partial charge on any atom is -0.504 e. The third-order valence-corrected chi connectivity index (χ3v) is 3.56. The highest BCUT2D eigenvalue weighted by atomic mass is 35.5. The van der Waals surface area contributed by atoms with E-state index < -0.39 is 5.82 Å². The van der Waals surface area contributed by atoms with Crippen LogP contribution in [0.25, 0.3) is 0 Å². The first-order valence-corrected chi connectivity index (χ1v) is 5.95. The van der Waals surface area contributed by atoms with Crippen LogP contribution in [0.5, 0.6) is 11.5 Å². The number of rotatable bonds is 3. The SMILES string of the molecule is COc1cc(F)cc([C@@H](N)C2CCCC2)c1O.Cl. The van der Waals surface area contributed by atoms with E-state index in [4.69, 9.17) is 10.5 Å². The Hall–Kier alpha value is -1.00. The second-order valence-electron chi connectivity index (χ2n) is 4.62. The van der Waals surface area contributed by atoms with E-state index in [1.54, 1.807) is 0 Å². The van der Waals surface area contributed by atoms with Crippen molar-refractivity contribution in [2.24, 2.45) is 11.7 Å². The lowest BCUT2D eigenvalue weighted by molar-refractivity contribution is 0.356. The van der Waals surface area contributed by atoms with Crippen LogP contribution in [0.2, 0.25) is 0 Å². The maximum Gasteiger partial charge on any atom is 0.163 e. The Morgan fingerprint density at radius 2 is 2.00 bits per heavy atom. The van der Waals surface area contributed by atoms with E-state index in [9.17, 15) is 9.50 Å². The van der Waals surface area contributed by atoms with E-state index in [0.717, 1.165) is 25.7 Å². The molecular weight excluding hydrogens is 257 g/mol. The summed E-state index contributed by atoms with van der Waals surface area (Å²) in [6.07, 6.45) is 4.40. The van der Waals surface area contributed by atoms with Crippen LogP contribution < -0.4 is 10.5 Å². The van der Waals surface area contributed by atoms with Gasteiger partial charge in [0, 0.05) is 17.7 Å². The molecule has 102 valence electrons. The number of ether oxygens (including phenoxy) is 1. The molecule has 3 N–H and O–H groups in total. The maximum absolute atomic E-state index is 13.4. The quantitative estimate of drug-likeness (QED) is 0.891. The molecule has 3 nitrogen and oxygen atoms in total. The lowest BCUT2D eigenvalue weighted by Crippen LogP contribution is -2.19. The Labute approximate surface area is 113 Å². The first-order valence-electron chi connectivity index (χ1n) is 5.95. The largest absolute Gasteiger partial charge is 0.504 e. The number of hydrogen-bond donors (Lipinski definition) is 2. The average molecular weight is 276 g/mol. The number of benzene rings is 1. The van der Waals surface area contributed by atoms with Crippen LogP contribution in [-0.2, 0) is 0 Å². The third kappa shape index (κ3) is 2.87. The van der Waals surface area contributed by atoms with Crippen LogP contribution in [0.4, 0.5) is 4.39 Å². The lowest BCUT2D eigenvalue weighted by Gasteiger charge is -2.21. The number of nitrogens with two attached hydrogens (primary N) is 1. The molecule has 0 heterocycles. The minimum atomic E-state index is -0.428. The van der Waals surface area contributed by atoms with Crippen molar-refractivity contribution in [3.63, 3.8) is 0 Å². The number of phenolic OH excluding ortho intramolecular Hbond substituents is 1. The molecule has 0 aromatic heterocycles. The van der Waals surface area contributed by atoms with E-state index in [2.05, 4.69) is 0 Å². The summed E-state index contributed by atoms with van der Waals surface area (Å²) in [7, 11) is 1.40. The summed E-state index contributed by atoms with van der Waals surface area (Å²) in [5.74, 6) is 0.0113. The molecular formula is C13H19ClFNO2. The van der Waals surface area contributed by atoms with Gasteiger partial charge in [-0.2, -0.15) is 0 Å². The van der Waals surface area contributed by atoms with Gasteiger partial charge in [-0.25, -0.2) is 4.39 Å². The maximum atomic E-state index is 13.4. The van der Waals surface area contributed by atoms with Gasteiger partial charge in [0.25, 0.3) is 0 Å². The number of phenols is 1.